The van der Waals surface area contributed by atoms with Crippen LogP contribution in [0, 0.1) is 0 Å². The lowest BCUT2D eigenvalue weighted by molar-refractivity contribution is -0.156. The van der Waals surface area contributed by atoms with E-state index in [-0.39, 0.29) is 17.9 Å². The van der Waals surface area contributed by atoms with Gasteiger partial charge in [0.1, 0.15) is 11.6 Å². The number of halogens is 1. The van der Waals surface area contributed by atoms with Gasteiger partial charge in [-0.25, -0.2) is 0 Å². The number of hydrogen-bond acceptors (Lipinski definition) is 2. The Hall–Kier alpha value is -1.36. The Bertz CT molecular complexity index is 554. The number of carbonyl (C=O) groups excluding carboxylic acids is 2. The van der Waals surface area contributed by atoms with Crippen molar-refractivity contribution in [2.45, 2.75) is 51.7 Å². The first-order chi connectivity index (χ1) is 9.77. The molecule has 0 radical (unpaired) electrons. The van der Waals surface area contributed by atoms with Gasteiger partial charge in [-0.3, -0.25) is 9.59 Å². The monoisotopic (exact) mass is 352 g/mol. The predicted octanol–water partition coefficient (Wildman–Crippen LogP) is 3.03. The van der Waals surface area contributed by atoms with Crippen LogP contribution in [0.25, 0.3) is 0 Å². The molecule has 0 bridgehead atoms. The predicted molar refractivity (Wildman–Crippen MR) is 85.7 cm³/mol. The molecule has 1 fully saturated rings. The normalized spacial score (nSPS) is 22.9. The molecular formula is C16H21BrN2O2. The minimum absolute atomic E-state index is 0.0376. The molecule has 0 spiro atoms. The third-order valence-electron chi connectivity index (χ3n) is 4.00. The molecule has 0 aromatic heterocycles. The highest BCUT2D eigenvalue weighted by molar-refractivity contribution is 9.10. The maximum atomic E-state index is 12.7. The Morgan fingerprint density at radius 1 is 1.29 bits per heavy atom. The molecule has 1 aromatic carbocycles. The zero-order valence-corrected chi connectivity index (χ0v) is 14.4. The highest BCUT2D eigenvalue weighted by Crippen LogP contribution is 2.30. The van der Waals surface area contributed by atoms with Crippen molar-refractivity contribution in [1.29, 1.82) is 0 Å². The van der Waals surface area contributed by atoms with Crippen molar-refractivity contribution < 1.29 is 9.59 Å². The summed E-state index contributed by atoms with van der Waals surface area (Å²) >= 11 is 3.41. The maximum absolute atomic E-state index is 12.7. The molecule has 0 aliphatic carbocycles. The first-order valence-electron chi connectivity index (χ1n) is 7.18. The third-order valence-corrected chi connectivity index (χ3v) is 4.53. The van der Waals surface area contributed by atoms with E-state index in [0.29, 0.717) is 6.42 Å². The fraction of sp³-hybridized carbons (Fsp3) is 0.500. The summed E-state index contributed by atoms with van der Waals surface area (Å²) in [6.45, 7) is 7.40. The summed E-state index contributed by atoms with van der Waals surface area (Å²) in [6.07, 6.45) is 0.606. The van der Waals surface area contributed by atoms with Crippen LogP contribution in [-0.2, 0) is 9.59 Å². The van der Waals surface area contributed by atoms with Crippen LogP contribution in [-0.4, -0.2) is 28.3 Å². The first-order valence-corrected chi connectivity index (χ1v) is 7.97. The van der Waals surface area contributed by atoms with Gasteiger partial charge >= 0.3 is 0 Å². The summed E-state index contributed by atoms with van der Waals surface area (Å²) in [5, 5.41) is 2.81. The van der Waals surface area contributed by atoms with Crippen LogP contribution in [0.15, 0.2) is 28.7 Å². The molecular weight excluding hydrogens is 332 g/mol. The first kappa shape index (κ1) is 16.0. The Balaban J connectivity index is 2.39. The van der Waals surface area contributed by atoms with E-state index in [2.05, 4.69) is 21.2 Å². The van der Waals surface area contributed by atoms with Gasteiger partial charge < -0.3 is 10.2 Å². The van der Waals surface area contributed by atoms with E-state index in [4.69, 9.17) is 0 Å². The number of carbonyl (C=O) groups is 2. The minimum atomic E-state index is -0.855. The second-order valence-corrected chi connectivity index (χ2v) is 6.89. The van der Waals surface area contributed by atoms with E-state index >= 15 is 0 Å². The highest BCUT2D eigenvalue weighted by atomic mass is 79.9. The summed E-state index contributed by atoms with van der Waals surface area (Å²) < 4.78 is 0.994. The van der Waals surface area contributed by atoms with Crippen molar-refractivity contribution in [3.05, 3.63) is 34.3 Å². The van der Waals surface area contributed by atoms with Gasteiger partial charge in [-0.05, 0) is 44.9 Å². The molecule has 21 heavy (non-hydrogen) atoms. The Morgan fingerprint density at radius 2 is 1.86 bits per heavy atom. The van der Waals surface area contributed by atoms with Crippen LogP contribution in [0.3, 0.4) is 0 Å². The van der Waals surface area contributed by atoms with Crippen LogP contribution in [0.2, 0.25) is 0 Å². The lowest BCUT2D eigenvalue weighted by atomic mass is 9.92. The quantitative estimate of drug-likeness (QED) is 0.908. The standard InChI is InChI=1S/C16H21BrN2O2/c1-5-13-14(20)18-16(3,4)15(21)19(13)10(2)11-6-8-12(17)9-7-11/h6-10,13H,5H2,1-4H3,(H,18,20). The Labute approximate surface area is 134 Å². The number of nitrogens with one attached hydrogen (secondary N) is 1. The Morgan fingerprint density at radius 3 is 2.38 bits per heavy atom. The molecule has 1 heterocycles. The second kappa shape index (κ2) is 5.79. The van der Waals surface area contributed by atoms with Crippen LogP contribution in [0.5, 0.6) is 0 Å². The van der Waals surface area contributed by atoms with Gasteiger partial charge in [-0.1, -0.05) is 35.0 Å². The van der Waals surface area contributed by atoms with E-state index in [1.165, 1.54) is 0 Å². The third kappa shape index (κ3) is 2.98. The molecule has 0 saturated carbocycles. The largest absolute Gasteiger partial charge is 0.340 e. The van der Waals surface area contributed by atoms with Crippen molar-refractivity contribution in [2.75, 3.05) is 0 Å². The molecule has 5 heteroatoms. The van der Waals surface area contributed by atoms with E-state index in [9.17, 15) is 9.59 Å². The van der Waals surface area contributed by atoms with Crippen molar-refractivity contribution in [2.24, 2.45) is 0 Å². The molecule has 1 aromatic rings. The fourth-order valence-electron chi connectivity index (χ4n) is 2.77. The molecule has 2 rings (SSSR count). The van der Waals surface area contributed by atoms with Gasteiger partial charge in [-0.15, -0.1) is 0 Å². The van der Waals surface area contributed by atoms with Crippen LogP contribution < -0.4 is 5.32 Å². The fourth-order valence-corrected chi connectivity index (χ4v) is 3.03. The average Bonchev–Trinajstić information content (AvgIpc) is 2.42. The topological polar surface area (TPSA) is 49.4 Å². The summed E-state index contributed by atoms with van der Waals surface area (Å²) in [7, 11) is 0. The molecule has 2 atom stereocenters. The second-order valence-electron chi connectivity index (χ2n) is 5.98. The summed E-state index contributed by atoms with van der Waals surface area (Å²) in [5.74, 6) is -0.115. The van der Waals surface area contributed by atoms with Crippen molar-refractivity contribution in [3.8, 4) is 0 Å². The van der Waals surface area contributed by atoms with E-state index in [0.717, 1.165) is 10.0 Å². The Kier molecular flexibility index (Phi) is 4.42. The van der Waals surface area contributed by atoms with Gasteiger partial charge in [0, 0.05) is 4.47 Å². The molecule has 2 unspecified atom stereocenters. The van der Waals surface area contributed by atoms with Crippen LogP contribution >= 0.6 is 15.9 Å². The number of piperazine rings is 1. The van der Waals surface area contributed by atoms with Gasteiger partial charge in [0.25, 0.3) is 0 Å². The van der Waals surface area contributed by atoms with E-state index < -0.39 is 11.6 Å². The summed E-state index contributed by atoms with van der Waals surface area (Å²) in [4.78, 5) is 26.7. The van der Waals surface area contributed by atoms with Gasteiger partial charge in [0.2, 0.25) is 11.8 Å². The number of rotatable bonds is 3. The van der Waals surface area contributed by atoms with Crippen LogP contribution in [0.4, 0.5) is 0 Å². The van der Waals surface area contributed by atoms with Crippen molar-refractivity contribution in [1.82, 2.24) is 10.2 Å². The number of hydrogen-bond donors (Lipinski definition) is 1. The lowest BCUT2D eigenvalue weighted by Crippen LogP contribution is -2.68. The molecule has 1 N–H and O–H groups in total. The molecule has 1 saturated heterocycles. The number of nitrogens with zero attached hydrogens (tertiary/aromatic N) is 1. The van der Waals surface area contributed by atoms with Crippen molar-refractivity contribution in [3.63, 3.8) is 0 Å². The van der Waals surface area contributed by atoms with E-state index in [1.54, 1.807) is 18.7 Å². The van der Waals surface area contributed by atoms with Gasteiger partial charge in [0.05, 0.1) is 6.04 Å². The number of amides is 2. The SMILES string of the molecule is CCC1C(=O)NC(C)(C)C(=O)N1C(C)c1ccc(Br)cc1. The van der Waals surface area contributed by atoms with Gasteiger partial charge in [0.15, 0.2) is 0 Å². The lowest BCUT2D eigenvalue weighted by Gasteiger charge is -2.45. The minimum Gasteiger partial charge on any atom is -0.340 e. The van der Waals surface area contributed by atoms with Gasteiger partial charge in [-0.2, -0.15) is 0 Å². The average molecular weight is 353 g/mol. The number of benzene rings is 1. The molecule has 2 amide bonds. The summed E-state index contributed by atoms with van der Waals surface area (Å²) in [6, 6.07) is 7.31. The zero-order chi connectivity index (χ0) is 15.8. The molecule has 114 valence electrons. The summed E-state index contributed by atoms with van der Waals surface area (Å²) in [5.41, 5.74) is 0.169. The molecule has 4 nitrogen and oxygen atoms in total. The maximum Gasteiger partial charge on any atom is 0.248 e. The molecule has 1 aliphatic rings. The zero-order valence-electron chi connectivity index (χ0n) is 12.8. The smallest absolute Gasteiger partial charge is 0.248 e. The van der Waals surface area contributed by atoms with E-state index in [1.807, 2.05) is 38.1 Å². The van der Waals surface area contributed by atoms with Crippen LogP contribution in [0.1, 0.15) is 45.7 Å². The van der Waals surface area contributed by atoms with Crippen molar-refractivity contribution >= 4 is 27.7 Å². The highest BCUT2D eigenvalue weighted by Gasteiger charge is 2.46. The molecule has 1 aliphatic heterocycles.